The molecule has 1 atom stereocenters. The summed E-state index contributed by atoms with van der Waals surface area (Å²) in [5, 5.41) is -0.132. The first-order valence-corrected chi connectivity index (χ1v) is 7.85. The Morgan fingerprint density at radius 3 is 2.48 bits per heavy atom. The molecular weight excluding hydrogens is 280 g/mol. The summed E-state index contributed by atoms with van der Waals surface area (Å²) in [5.41, 5.74) is 4.57. The highest BCUT2D eigenvalue weighted by Gasteiger charge is 2.15. The normalized spacial score (nSPS) is 12.7. The lowest BCUT2D eigenvalue weighted by Crippen LogP contribution is -2.02. The number of hydrogen-bond acceptors (Lipinski definition) is 1. The molecule has 0 aliphatic carbocycles. The summed E-state index contributed by atoms with van der Waals surface area (Å²) in [6.07, 6.45) is 2.28. The van der Waals surface area contributed by atoms with Gasteiger partial charge in [-0.3, -0.25) is 4.57 Å². The fourth-order valence-electron chi connectivity index (χ4n) is 2.68. The Hall–Kier alpha value is -1.80. The fraction of sp³-hybridized carbons (Fsp3) is 0.278. The third-order valence-electron chi connectivity index (χ3n) is 3.68. The molecule has 108 valence electrons. The minimum atomic E-state index is -0.132. The van der Waals surface area contributed by atoms with Gasteiger partial charge in [0.1, 0.15) is 5.82 Å². The van der Waals surface area contributed by atoms with Gasteiger partial charge in [-0.05, 0) is 43.2 Å². The number of imidazole rings is 1. The monoisotopic (exact) mass is 298 g/mol. The maximum Gasteiger partial charge on any atom is 0.132 e. The van der Waals surface area contributed by atoms with Gasteiger partial charge in [0.05, 0.1) is 16.4 Å². The van der Waals surface area contributed by atoms with E-state index in [9.17, 15) is 0 Å². The Bertz CT molecular complexity index is 742. The second kappa shape index (κ2) is 5.90. The molecule has 0 bridgehead atoms. The molecule has 2 aromatic carbocycles. The van der Waals surface area contributed by atoms with E-state index in [0.29, 0.717) is 0 Å². The van der Waals surface area contributed by atoms with E-state index in [0.717, 1.165) is 35.4 Å². The van der Waals surface area contributed by atoms with Crippen molar-refractivity contribution in [2.24, 2.45) is 0 Å². The number of fused-ring (bicyclic) bond motifs is 1. The summed E-state index contributed by atoms with van der Waals surface area (Å²) in [4.78, 5) is 4.68. The second-order valence-corrected chi connectivity index (χ2v) is 5.98. The van der Waals surface area contributed by atoms with Crippen LogP contribution in [-0.2, 0) is 6.42 Å². The van der Waals surface area contributed by atoms with Gasteiger partial charge < -0.3 is 0 Å². The van der Waals surface area contributed by atoms with Crippen LogP contribution in [0, 0.1) is 0 Å². The van der Waals surface area contributed by atoms with Crippen LogP contribution in [0.5, 0.6) is 0 Å². The molecule has 0 saturated heterocycles. The lowest BCUT2D eigenvalue weighted by molar-refractivity contribution is 0.879. The van der Waals surface area contributed by atoms with E-state index in [2.05, 4.69) is 46.8 Å². The summed E-state index contributed by atoms with van der Waals surface area (Å²) in [6.45, 7) is 4.16. The first-order chi connectivity index (χ1) is 10.2. The summed E-state index contributed by atoms with van der Waals surface area (Å²) >= 11 is 6.33. The first kappa shape index (κ1) is 14.2. The highest BCUT2D eigenvalue weighted by atomic mass is 35.5. The third kappa shape index (κ3) is 2.68. The Balaban J connectivity index is 2.15. The van der Waals surface area contributed by atoms with E-state index in [1.54, 1.807) is 0 Å². The molecule has 0 aliphatic rings. The van der Waals surface area contributed by atoms with Crippen LogP contribution in [0.3, 0.4) is 0 Å². The molecule has 3 heteroatoms. The Morgan fingerprint density at radius 2 is 1.81 bits per heavy atom. The molecule has 0 saturated carbocycles. The van der Waals surface area contributed by atoms with Gasteiger partial charge in [-0.15, -0.1) is 11.6 Å². The van der Waals surface area contributed by atoms with Crippen LogP contribution in [0.15, 0.2) is 48.5 Å². The van der Waals surface area contributed by atoms with Crippen molar-refractivity contribution in [3.63, 3.8) is 0 Å². The molecule has 0 N–H and O–H groups in total. The van der Waals surface area contributed by atoms with Gasteiger partial charge in [0.15, 0.2) is 0 Å². The maximum absolute atomic E-state index is 6.33. The van der Waals surface area contributed by atoms with E-state index in [1.807, 2.05) is 25.1 Å². The van der Waals surface area contributed by atoms with Crippen LogP contribution in [0.1, 0.15) is 37.0 Å². The minimum Gasteiger partial charge on any atom is -0.295 e. The van der Waals surface area contributed by atoms with Crippen LogP contribution in [0.25, 0.3) is 16.7 Å². The van der Waals surface area contributed by atoms with Gasteiger partial charge in [0.2, 0.25) is 0 Å². The first-order valence-electron chi connectivity index (χ1n) is 7.41. The van der Waals surface area contributed by atoms with Crippen molar-refractivity contribution in [3.8, 4) is 5.69 Å². The number of aromatic nitrogens is 2. The average Bonchev–Trinajstić information content (AvgIpc) is 2.88. The molecular formula is C18H19ClN2. The summed E-state index contributed by atoms with van der Waals surface area (Å²) < 4.78 is 2.16. The van der Waals surface area contributed by atoms with E-state index >= 15 is 0 Å². The molecule has 1 heterocycles. The molecule has 1 unspecified atom stereocenters. The van der Waals surface area contributed by atoms with Gasteiger partial charge in [-0.2, -0.15) is 0 Å². The van der Waals surface area contributed by atoms with Crippen molar-refractivity contribution in [1.82, 2.24) is 9.55 Å². The van der Waals surface area contributed by atoms with Crippen LogP contribution in [0.4, 0.5) is 0 Å². The predicted molar refractivity (Wildman–Crippen MR) is 89.3 cm³/mol. The highest BCUT2D eigenvalue weighted by Crippen LogP contribution is 2.28. The molecule has 21 heavy (non-hydrogen) atoms. The number of aryl methyl sites for hydroxylation is 1. The van der Waals surface area contributed by atoms with E-state index in [4.69, 9.17) is 11.6 Å². The number of rotatable bonds is 4. The van der Waals surface area contributed by atoms with E-state index in [-0.39, 0.29) is 5.38 Å². The average molecular weight is 299 g/mol. The zero-order chi connectivity index (χ0) is 14.8. The Kier molecular flexibility index (Phi) is 3.98. The molecule has 0 radical (unpaired) electrons. The van der Waals surface area contributed by atoms with Gasteiger partial charge >= 0.3 is 0 Å². The largest absolute Gasteiger partial charge is 0.295 e. The van der Waals surface area contributed by atoms with Crippen molar-refractivity contribution >= 4 is 22.6 Å². The number of nitrogens with zero attached hydrogens (tertiary/aromatic N) is 2. The number of halogens is 1. The molecule has 3 rings (SSSR count). The molecule has 2 nitrogen and oxygen atoms in total. The molecule has 1 aromatic heterocycles. The summed E-state index contributed by atoms with van der Waals surface area (Å²) in [5.74, 6) is 0.890. The summed E-state index contributed by atoms with van der Waals surface area (Å²) in [7, 11) is 0. The van der Waals surface area contributed by atoms with E-state index in [1.165, 1.54) is 5.56 Å². The molecule has 0 fully saturated rings. The molecule has 0 spiro atoms. The number of para-hydroxylation sites is 2. The van der Waals surface area contributed by atoms with Crippen molar-refractivity contribution in [3.05, 3.63) is 59.9 Å². The molecule has 3 aromatic rings. The van der Waals surface area contributed by atoms with Crippen molar-refractivity contribution < 1.29 is 0 Å². The van der Waals surface area contributed by atoms with Crippen LogP contribution in [-0.4, -0.2) is 9.55 Å². The van der Waals surface area contributed by atoms with Crippen molar-refractivity contribution in [2.75, 3.05) is 0 Å². The Morgan fingerprint density at radius 1 is 1.10 bits per heavy atom. The quantitative estimate of drug-likeness (QED) is 0.599. The molecule has 0 aliphatic heterocycles. The number of benzene rings is 2. The van der Waals surface area contributed by atoms with Crippen LogP contribution < -0.4 is 0 Å². The minimum absolute atomic E-state index is 0.132. The van der Waals surface area contributed by atoms with E-state index < -0.39 is 0 Å². The standard InChI is InChI=1S/C18H19ClN2/c1-3-6-14-9-11-15(12-10-14)21-17-8-5-4-7-16(17)20-18(21)13(2)19/h4-5,7-13H,3,6H2,1-2H3. The smallest absolute Gasteiger partial charge is 0.132 e. The zero-order valence-corrected chi connectivity index (χ0v) is 13.1. The van der Waals surface area contributed by atoms with Gasteiger partial charge in [-0.25, -0.2) is 4.98 Å². The number of hydrogen-bond donors (Lipinski definition) is 0. The summed E-state index contributed by atoms with van der Waals surface area (Å²) in [6, 6.07) is 16.8. The van der Waals surface area contributed by atoms with Gasteiger partial charge in [0, 0.05) is 5.69 Å². The zero-order valence-electron chi connectivity index (χ0n) is 12.4. The van der Waals surface area contributed by atoms with Crippen molar-refractivity contribution in [2.45, 2.75) is 32.1 Å². The maximum atomic E-state index is 6.33. The third-order valence-corrected chi connectivity index (χ3v) is 3.87. The second-order valence-electron chi connectivity index (χ2n) is 5.33. The SMILES string of the molecule is CCCc1ccc(-n2c(C(C)Cl)nc3ccccc32)cc1. The van der Waals surface area contributed by atoms with Crippen LogP contribution in [0.2, 0.25) is 0 Å². The predicted octanol–water partition coefficient (Wildman–Crippen LogP) is 5.28. The highest BCUT2D eigenvalue weighted by molar-refractivity contribution is 6.20. The number of alkyl halides is 1. The van der Waals surface area contributed by atoms with Gasteiger partial charge in [0.25, 0.3) is 0 Å². The molecule has 0 amide bonds. The van der Waals surface area contributed by atoms with Crippen LogP contribution >= 0.6 is 11.6 Å². The van der Waals surface area contributed by atoms with Crippen molar-refractivity contribution in [1.29, 1.82) is 0 Å². The Labute approximate surface area is 130 Å². The van der Waals surface area contributed by atoms with Gasteiger partial charge in [-0.1, -0.05) is 37.6 Å². The fourth-order valence-corrected chi connectivity index (χ4v) is 2.83. The lowest BCUT2D eigenvalue weighted by atomic mass is 10.1. The topological polar surface area (TPSA) is 17.8 Å². The lowest BCUT2D eigenvalue weighted by Gasteiger charge is -2.11.